The number of aliphatic imine (C=N–C) groups is 1. The van der Waals surface area contributed by atoms with Crippen LogP contribution in [0.5, 0.6) is 0 Å². The van der Waals surface area contributed by atoms with Crippen LogP contribution in [-0.2, 0) is 17.8 Å². The Balaban J connectivity index is 0.00000392. The Hall–Kier alpha value is -0.860. The number of ether oxygens (including phenoxy) is 1. The normalized spacial score (nSPS) is 14.3. The first-order chi connectivity index (χ1) is 13.1. The number of nitrogens with one attached hydrogen (secondary N) is 2. The standard InChI is InChI=1S/C22H38N4O.HI/c1-5-23-22(24-13-8-14-27-17-19-11-12-19)25-15-20-9-6-7-10-21(20)16-26(4)18(2)3;/h6-7,9-10,18-19H,5,8,11-17H2,1-4H3,(H2,23,24,25);1H. The van der Waals surface area contributed by atoms with Crippen molar-refractivity contribution in [2.24, 2.45) is 10.9 Å². The van der Waals surface area contributed by atoms with Crippen LogP contribution in [0.15, 0.2) is 29.3 Å². The van der Waals surface area contributed by atoms with E-state index in [0.717, 1.165) is 51.1 Å². The monoisotopic (exact) mass is 502 g/mol. The molecule has 0 amide bonds. The predicted octanol–water partition coefficient (Wildman–Crippen LogP) is 4.02. The van der Waals surface area contributed by atoms with Crippen LogP contribution in [-0.4, -0.2) is 50.3 Å². The predicted molar refractivity (Wildman–Crippen MR) is 129 cm³/mol. The molecule has 6 heteroatoms. The average molecular weight is 502 g/mol. The summed E-state index contributed by atoms with van der Waals surface area (Å²) >= 11 is 0. The van der Waals surface area contributed by atoms with E-state index in [1.165, 1.54) is 24.0 Å². The lowest BCUT2D eigenvalue weighted by Gasteiger charge is -2.22. The fourth-order valence-corrected chi connectivity index (χ4v) is 2.74. The van der Waals surface area contributed by atoms with Crippen molar-refractivity contribution in [2.45, 2.75) is 59.2 Å². The van der Waals surface area contributed by atoms with Gasteiger partial charge >= 0.3 is 0 Å². The zero-order valence-electron chi connectivity index (χ0n) is 18.0. The summed E-state index contributed by atoms with van der Waals surface area (Å²) in [7, 11) is 2.17. The minimum Gasteiger partial charge on any atom is -0.381 e. The minimum atomic E-state index is 0. The third-order valence-electron chi connectivity index (χ3n) is 4.98. The maximum absolute atomic E-state index is 5.70. The number of halogens is 1. The minimum absolute atomic E-state index is 0. The third kappa shape index (κ3) is 10.1. The Labute approximate surface area is 188 Å². The Morgan fingerprint density at radius 3 is 2.57 bits per heavy atom. The van der Waals surface area contributed by atoms with E-state index in [9.17, 15) is 0 Å². The molecule has 1 aliphatic rings. The van der Waals surface area contributed by atoms with Gasteiger partial charge in [0.2, 0.25) is 0 Å². The van der Waals surface area contributed by atoms with Gasteiger partial charge < -0.3 is 15.4 Å². The number of hydrogen-bond acceptors (Lipinski definition) is 3. The molecule has 1 fully saturated rings. The molecule has 0 spiro atoms. The molecule has 0 radical (unpaired) electrons. The molecule has 0 saturated heterocycles. The molecule has 1 aromatic carbocycles. The second-order valence-electron chi connectivity index (χ2n) is 7.77. The highest BCUT2D eigenvalue weighted by atomic mass is 127. The van der Waals surface area contributed by atoms with Gasteiger partial charge in [-0.05, 0) is 64.1 Å². The third-order valence-corrected chi connectivity index (χ3v) is 4.98. The first-order valence-corrected chi connectivity index (χ1v) is 10.5. The number of hydrogen-bond donors (Lipinski definition) is 2. The topological polar surface area (TPSA) is 48.9 Å². The molecular weight excluding hydrogens is 463 g/mol. The van der Waals surface area contributed by atoms with E-state index in [2.05, 4.69) is 67.6 Å². The molecule has 0 aromatic heterocycles. The van der Waals surface area contributed by atoms with Crippen LogP contribution in [0.3, 0.4) is 0 Å². The number of guanidine groups is 1. The van der Waals surface area contributed by atoms with E-state index in [0.29, 0.717) is 12.6 Å². The van der Waals surface area contributed by atoms with Crippen LogP contribution in [0.2, 0.25) is 0 Å². The highest BCUT2D eigenvalue weighted by Crippen LogP contribution is 2.28. The highest BCUT2D eigenvalue weighted by Gasteiger charge is 2.20. The van der Waals surface area contributed by atoms with E-state index >= 15 is 0 Å². The SMILES string of the molecule is CCNC(=NCc1ccccc1CN(C)C(C)C)NCCCOCC1CC1.I. The van der Waals surface area contributed by atoms with Crippen molar-refractivity contribution in [1.82, 2.24) is 15.5 Å². The van der Waals surface area contributed by atoms with Gasteiger partial charge in [0.05, 0.1) is 6.54 Å². The maximum Gasteiger partial charge on any atom is 0.191 e. The lowest BCUT2D eigenvalue weighted by atomic mass is 10.1. The first kappa shape index (κ1) is 25.2. The fraction of sp³-hybridized carbons (Fsp3) is 0.682. The molecule has 2 N–H and O–H groups in total. The van der Waals surface area contributed by atoms with Crippen LogP contribution in [0.25, 0.3) is 0 Å². The molecule has 160 valence electrons. The molecule has 0 bridgehead atoms. The van der Waals surface area contributed by atoms with Gasteiger partial charge in [0, 0.05) is 38.9 Å². The first-order valence-electron chi connectivity index (χ1n) is 10.5. The van der Waals surface area contributed by atoms with Crippen LogP contribution in [0, 0.1) is 5.92 Å². The summed E-state index contributed by atoms with van der Waals surface area (Å²) in [6.07, 6.45) is 3.71. The molecule has 0 unspecified atom stereocenters. The van der Waals surface area contributed by atoms with Crippen LogP contribution in [0.4, 0.5) is 0 Å². The summed E-state index contributed by atoms with van der Waals surface area (Å²) in [6, 6.07) is 9.13. The van der Waals surface area contributed by atoms with Gasteiger partial charge in [0.15, 0.2) is 5.96 Å². The van der Waals surface area contributed by atoms with Crippen molar-refractivity contribution in [3.05, 3.63) is 35.4 Å². The van der Waals surface area contributed by atoms with Crippen molar-refractivity contribution in [3.63, 3.8) is 0 Å². The van der Waals surface area contributed by atoms with Gasteiger partial charge in [-0.3, -0.25) is 4.90 Å². The van der Waals surface area contributed by atoms with Crippen molar-refractivity contribution in [3.8, 4) is 0 Å². The summed E-state index contributed by atoms with van der Waals surface area (Å²) in [5.41, 5.74) is 2.64. The Bertz CT molecular complexity index is 575. The summed E-state index contributed by atoms with van der Waals surface area (Å²) in [4.78, 5) is 7.14. The van der Waals surface area contributed by atoms with Gasteiger partial charge in [-0.2, -0.15) is 0 Å². The lowest BCUT2D eigenvalue weighted by molar-refractivity contribution is 0.123. The zero-order chi connectivity index (χ0) is 19.5. The van der Waals surface area contributed by atoms with Gasteiger partial charge in [0.25, 0.3) is 0 Å². The fourth-order valence-electron chi connectivity index (χ4n) is 2.74. The van der Waals surface area contributed by atoms with Gasteiger partial charge in [-0.15, -0.1) is 24.0 Å². The van der Waals surface area contributed by atoms with E-state index in [4.69, 9.17) is 9.73 Å². The van der Waals surface area contributed by atoms with Gasteiger partial charge in [-0.1, -0.05) is 24.3 Å². The number of benzene rings is 1. The second kappa shape index (κ2) is 14.2. The van der Waals surface area contributed by atoms with E-state index in [1.807, 2.05) is 0 Å². The van der Waals surface area contributed by atoms with E-state index in [1.54, 1.807) is 0 Å². The zero-order valence-corrected chi connectivity index (χ0v) is 20.4. The molecule has 28 heavy (non-hydrogen) atoms. The summed E-state index contributed by atoms with van der Waals surface area (Å²) in [5, 5.41) is 6.76. The summed E-state index contributed by atoms with van der Waals surface area (Å²) in [5.74, 6) is 1.72. The summed E-state index contributed by atoms with van der Waals surface area (Å²) in [6.45, 7) is 11.7. The number of nitrogens with zero attached hydrogens (tertiary/aromatic N) is 2. The van der Waals surface area contributed by atoms with Crippen molar-refractivity contribution in [1.29, 1.82) is 0 Å². The van der Waals surface area contributed by atoms with Gasteiger partial charge in [0.1, 0.15) is 0 Å². The maximum atomic E-state index is 5.70. The van der Waals surface area contributed by atoms with Gasteiger partial charge in [-0.25, -0.2) is 4.99 Å². The van der Waals surface area contributed by atoms with Crippen LogP contribution >= 0.6 is 24.0 Å². The molecule has 5 nitrogen and oxygen atoms in total. The van der Waals surface area contributed by atoms with Crippen molar-refractivity contribution in [2.75, 3.05) is 33.4 Å². The van der Waals surface area contributed by atoms with E-state index in [-0.39, 0.29) is 24.0 Å². The quantitative estimate of drug-likeness (QED) is 0.196. The van der Waals surface area contributed by atoms with Crippen molar-refractivity contribution >= 4 is 29.9 Å². The van der Waals surface area contributed by atoms with E-state index < -0.39 is 0 Å². The van der Waals surface area contributed by atoms with Crippen LogP contribution in [0.1, 0.15) is 51.2 Å². The van der Waals surface area contributed by atoms with Crippen molar-refractivity contribution < 1.29 is 4.74 Å². The smallest absolute Gasteiger partial charge is 0.191 e. The van der Waals surface area contributed by atoms with Crippen LogP contribution < -0.4 is 10.6 Å². The Kier molecular flexibility index (Phi) is 12.7. The molecule has 1 saturated carbocycles. The molecule has 1 aromatic rings. The largest absolute Gasteiger partial charge is 0.381 e. The second-order valence-corrected chi connectivity index (χ2v) is 7.77. The molecule has 2 rings (SSSR count). The highest BCUT2D eigenvalue weighted by molar-refractivity contribution is 14.0. The molecule has 0 aliphatic heterocycles. The molecule has 1 aliphatic carbocycles. The Morgan fingerprint density at radius 1 is 1.21 bits per heavy atom. The lowest BCUT2D eigenvalue weighted by Crippen LogP contribution is -2.38. The average Bonchev–Trinajstić information content (AvgIpc) is 3.47. The Morgan fingerprint density at radius 2 is 1.93 bits per heavy atom. The molecular formula is C22H39IN4O. The molecule has 0 heterocycles. The number of rotatable bonds is 12. The summed E-state index contributed by atoms with van der Waals surface area (Å²) < 4.78 is 5.70. The molecule has 0 atom stereocenters.